The first kappa shape index (κ1) is 18.7. The number of hydrogen-bond donors (Lipinski definition) is 1. The van der Waals surface area contributed by atoms with Crippen molar-refractivity contribution in [1.82, 2.24) is 9.96 Å². The molecule has 0 bridgehead atoms. The number of rotatable bonds is 1. The number of amides is 1. The maximum atomic E-state index is 12.5. The van der Waals surface area contributed by atoms with Crippen LogP contribution in [0.1, 0.15) is 60.8 Å². The Bertz CT molecular complexity index is 740. The molecule has 7 nitrogen and oxygen atoms in total. The number of ether oxygens (including phenoxy) is 2. The SMILES string of the molecule is Cc1c(C2CN(C(=O)OC(C)(C)C)CC(C)N2O)ccc2c1COC2=O. The Hall–Kier alpha value is -2.12. The Kier molecular flexibility index (Phi) is 4.71. The lowest BCUT2D eigenvalue weighted by molar-refractivity contribution is -0.185. The zero-order valence-corrected chi connectivity index (χ0v) is 15.9. The van der Waals surface area contributed by atoms with E-state index >= 15 is 0 Å². The highest BCUT2D eigenvalue weighted by Crippen LogP contribution is 2.34. The molecule has 0 spiro atoms. The van der Waals surface area contributed by atoms with Crippen LogP contribution in [0, 0.1) is 6.92 Å². The highest BCUT2D eigenvalue weighted by molar-refractivity contribution is 5.94. The molecule has 1 saturated heterocycles. The summed E-state index contributed by atoms with van der Waals surface area (Å²) in [6, 6.07) is 2.93. The lowest BCUT2D eigenvalue weighted by Gasteiger charge is -2.43. The molecule has 0 aromatic heterocycles. The predicted octanol–water partition coefficient (Wildman–Crippen LogP) is 3.04. The molecule has 3 rings (SSSR count). The van der Waals surface area contributed by atoms with Gasteiger partial charge in [0, 0.05) is 18.7 Å². The van der Waals surface area contributed by atoms with Crippen LogP contribution in [-0.4, -0.2) is 52.0 Å². The van der Waals surface area contributed by atoms with Gasteiger partial charge in [0.2, 0.25) is 0 Å². The largest absolute Gasteiger partial charge is 0.457 e. The first-order valence-electron chi connectivity index (χ1n) is 8.83. The van der Waals surface area contributed by atoms with E-state index in [0.717, 1.165) is 16.7 Å². The third kappa shape index (κ3) is 3.41. The monoisotopic (exact) mass is 362 g/mol. The second-order valence-corrected chi connectivity index (χ2v) is 8.01. The van der Waals surface area contributed by atoms with Crippen molar-refractivity contribution < 1.29 is 24.3 Å². The highest BCUT2D eigenvalue weighted by atomic mass is 16.6. The van der Waals surface area contributed by atoms with Gasteiger partial charge in [0.15, 0.2) is 0 Å². The summed E-state index contributed by atoms with van der Waals surface area (Å²) in [6.45, 7) is 10.2. The second kappa shape index (κ2) is 6.55. The number of benzene rings is 1. The number of fused-ring (bicyclic) bond motifs is 1. The fraction of sp³-hybridized carbons (Fsp3) is 0.579. The number of hydroxylamine groups is 2. The molecule has 142 valence electrons. The second-order valence-electron chi connectivity index (χ2n) is 8.01. The average Bonchev–Trinajstić information content (AvgIpc) is 2.91. The number of carbonyl (C=O) groups excluding carboxylic acids is 2. The number of nitrogens with zero attached hydrogens (tertiary/aromatic N) is 2. The summed E-state index contributed by atoms with van der Waals surface area (Å²) in [5.41, 5.74) is 2.64. The van der Waals surface area contributed by atoms with Gasteiger partial charge >= 0.3 is 12.1 Å². The van der Waals surface area contributed by atoms with E-state index in [1.807, 2.05) is 40.7 Å². The van der Waals surface area contributed by atoms with Crippen molar-refractivity contribution in [3.63, 3.8) is 0 Å². The van der Waals surface area contributed by atoms with Gasteiger partial charge in [-0.2, -0.15) is 5.06 Å². The number of hydrogen-bond acceptors (Lipinski definition) is 6. The minimum atomic E-state index is -0.576. The zero-order chi connectivity index (χ0) is 19.2. The number of cyclic esters (lactones) is 1. The Morgan fingerprint density at radius 1 is 1.31 bits per heavy atom. The quantitative estimate of drug-likeness (QED) is 0.774. The molecule has 0 saturated carbocycles. The Morgan fingerprint density at radius 2 is 2.00 bits per heavy atom. The molecule has 2 unspecified atom stereocenters. The predicted molar refractivity (Wildman–Crippen MR) is 93.9 cm³/mol. The van der Waals surface area contributed by atoms with Gasteiger partial charge in [0.1, 0.15) is 12.2 Å². The molecule has 1 aromatic carbocycles. The molecule has 26 heavy (non-hydrogen) atoms. The Balaban J connectivity index is 1.89. The van der Waals surface area contributed by atoms with Crippen molar-refractivity contribution in [1.29, 1.82) is 0 Å². The number of piperazine rings is 1. The van der Waals surface area contributed by atoms with Gasteiger partial charge in [-0.15, -0.1) is 0 Å². The summed E-state index contributed by atoms with van der Waals surface area (Å²) >= 11 is 0. The van der Waals surface area contributed by atoms with Crippen molar-refractivity contribution in [2.75, 3.05) is 13.1 Å². The van der Waals surface area contributed by atoms with E-state index in [2.05, 4.69) is 0 Å². The molecule has 1 amide bonds. The van der Waals surface area contributed by atoms with Crippen LogP contribution in [0.5, 0.6) is 0 Å². The van der Waals surface area contributed by atoms with Crippen molar-refractivity contribution in [2.45, 2.75) is 58.9 Å². The van der Waals surface area contributed by atoms with E-state index in [1.165, 1.54) is 5.06 Å². The number of carbonyl (C=O) groups is 2. The standard InChI is InChI=1S/C19H26N2O5/c1-11-8-20(18(23)26-19(3,4)5)9-16(21(11)24)13-6-7-14-15(12(13)2)10-25-17(14)22/h6-7,11,16,24H,8-10H2,1-5H3. The molecular formula is C19H26N2O5. The Labute approximate surface area is 153 Å². The molecule has 1 aromatic rings. The van der Waals surface area contributed by atoms with Gasteiger partial charge in [0.25, 0.3) is 0 Å². The summed E-state index contributed by atoms with van der Waals surface area (Å²) < 4.78 is 10.6. The summed E-state index contributed by atoms with van der Waals surface area (Å²) in [6.07, 6.45) is -0.389. The molecule has 2 atom stereocenters. The van der Waals surface area contributed by atoms with E-state index < -0.39 is 11.6 Å². The van der Waals surface area contributed by atoms with Gasteiger partial charge in [0.05, 0.1) is 17.6 Å². The van der Waals surface area contributed by atoms with Gasteiger partial charge in [-0.05, 0) is 51.8 Å². The highest BCUT2D eigenvalue weighted by Gasteiger charge is 2.38. The number of esters is 1. The van der Waals surface area contributed by atoms with Gasteiger partial charge in [-0.3, -0.25) is 0 Å². The van der Waals surface area contributed by atoms with E-state index in [1.54, 1.807) is 11.0 Å². The van der Waals surface area contributed by atoms with Crippen LogP contribution in [0.15, 0.2) is 12.1 Å². The third-order valence-corrected chi connectivity index (χ3v) is 4.87. The molecule has 2 aliphatic heterocycles. The van der Waals surface area contributed by atoms with Gasteiger partial charge < -0.3 is 19.6 Å². The molecule has 7 heteroatoms. The maximum absolute atomic E-state index is 12.5. The maximum Gasteiger partial charge on any atom is 0.410 e. The lowest BCUT2D eigenvalue weighted by atomic mass is 9.92. The summed E-state index contributed by atoms with van der Waals surface area (Å²) in [5, 5.41) is 11.9. The fourth-order valence-corrected chi connectivity index (χ4v) is 3.52. The van der Waals surface area contributed by atoms with Crippen LogP contribution in [0.3, 0.4) is 0 Å². The van der Waals surface area contributed by atoms with Crippen molar-refractivity contribution in [3.8, 4) is 0 Å². The normalized spacial score (nSPS) is 23.6. The topological polar surface area (TPSA) is 79.3 Å². The first-order chi connectivity index (χ1) is 12.1. The zero-order valence-electron chi connectivity index (χ0n) is 15.9. The summed E-state index contributed by atoms with van der Waals surface area (Å²) in [5.74, 6) is -0.317. The molecule has 1 N–H and O–H groups in total. The fourth-order valence-electron chi connectivity index (χ4n) is 3.52. The summed E-state index contributed by atoms with van der Waals surface area (Å²) in [4.78, 5) is 25.9. The van der Waals surface area contributed by atoms with Crippen LogP contribution in [0.4, 0.5) is 4.79 Å². The molecule has 2 heterocycles. The van der Waals surface area contributed by atoms with Crippen molar-refractivity contribution >= 4 is 12.1 Å². The van der Waals surface area contributed by atoms with Crippen molar-refractivity contribution in [2.24, 2.45) is 0 Å². The smallest absolute Gasteiger partial charge is 0.410 e. The van der Waals surface area contributed by atoms with E-state index in [4.69, 9.17) is 9.47 Å². The van der Waals surface area contributed by atoms with Crippen LogP contribution in [0.25, 0.3) is 0 Å². The third-order valence-electron chi connectivity index (χ3n) is 4.87. The minimum Gasteiger partial charge on any atom is -0.457 e. The lowest BCUT2D eigenvalue weighted by Crippen LogP contribution is -2.54. The molecule has 1 fully saturated rings. The molecule has 0 radical (unpaired) electrons. The Morgan fingerprint density at radius 3 is 2.65 bits per heavy atom. The van der Waals surface area contributed by atoms with Crippen LogP contribution >= 0.6 is 0 Å². The van der Waals surface area contributed by atoms with Crippen LogP contribution < -0.4 is 0 Å². The minimum absolute atomic E-state index is 0.244. The van der Waals surface area contributed by atoms with E-state index in [0.29, 0.717) is 18.7 Å². The van der Waals surface area contributed by atoms with Gasteiger partial charge in [-0.25, -0.2) is 9.59 Å². The first-order valence-corrected chi connectivity index (χ1v) is 8.83. The van der Waals surface area contributed by atoms with Crippen LogP contribution in [-0.2, 0) is 16.1 Å². The van der Waals surface area contributed by atoms with E-state index in [9.17, 15) is 14.8 Å². The summed E-state index contributed by atoms with van der Waals surface area (Å²) in [7, 11) is 0. The van der Waals surface area contributed by atoms with E-state index in [-0.39, 0.29) is 24.7 Å². The van der Waals surface area contributed by atoms with Crippen molar-refractivity contribution in [3.05, 3.63) is 34.4 Å². The average molecular weight is 362 g/mol. The molecular weight excluding hydrogens is 336 g/mol. The van der Waals surface area contributed by atoms with Gasteiger partial charge in [-0.1, -0.05) is 6.07 Å². The molecule has 0 aliphatic carbocycles. The molecule has 2 aliphatic rings. The van der Waals surface area contributed by atoms with Crippen LogP contribution in [0.2, 0.25) is 0 Å².